The second-order valence-electron chi connectivity index (χ2n) is 8.52. The Morgan fingerprint density at radius 3 is 2.22 bits per heavy atom. The van der Waals surface area contributed by atoms with Crippen LogP contribution in [0.1, 0.15) is 12.5 Å². The van der Waals surface area contributed by atoms with Gasteiger partial charge in [-0.2, -0.15) is 4.31 Å². The number of rotatable bonds is 7. The Labute approximate surface area is 215 Å². The van der Waals surface area contributed by atoms with Crippen LogP contribution in [-0.4, -0.2) is 68.2 Å². The Morgan fingerprint density at radius 1 is 0.892 bits per heavy atom. The number of benzene rings is 3. The van der Waals surface area contributed by atoms with Crippen molar-refractivity contribution in [1.29, 1.82) is 0 Å². The molecule has 0 atom stereocenters. The first-order valence-electron chi connectivity index (χ1n) is 11.7. The summed E-state index contributed by atoms with van der Waals surface area (Å²) < 4.78 is 32.8. The van der Waals surface area contributed by atoms with Gasteiger partial charge in [-0.1, -0.05) is 60.7 Å². The molecule has 1 N–H and O–H groups in total. The number of sulfonamides is 1. The number of hydrogen-bond donors (Lipinski definition) is 1. The number of nitrogens with zero attached hydrogens (tertiary/aromatic N) is 2. The summed E-state index contributed by atoms with van der Waals surface area (Å²) in [5.41, 5.74) is 0.594. The summed E-state index contributed by atoms with van der Waals surface area (Å²) in [6.07, 6.45) is 1.46. The molecular weight excluding hydrogens is 494 g/mol. The molecule has 1 saturated heterocycles. The van der Waals surface area contributed by atoms with Gasteiger partial charge in [0.05, 0.1) is 4.90 Å². The Bertz CT molecular complexity index is 1450. The standard InChI is InChI=1S/C27H27N3O6S/c1-20(31)28-25(17-21-7-3-2-4-8-21)27(33)36-19-26(32)29-13-15-30(16-14-29)37(34,35)24-12-11-22-9-5-6-10-23(22)18-24/h2-12,17-18H,13-16,19H2,1H3,(H,28,31)/b25-17-. The summed E-state index contributed by atoms with van der Waals surface area (Å²) in [6, 6.07) is 21.4. The van der Waals surface area contributed by atoms with Gasteiger partial charge in [0.25, 0.3) is 5.91 Å². The summed E-state index contributed by atoms with van der Waals surface area (Å²) in [4.78, 5) is 38.4. The van der Waals surface area contributed by atoms with Gasteiger partial charge in [-0.05, 0) is 34.5 Å². The second-order valence-corrected chi connectivity index (χ2v) is 10.5. The van der Waals surface area contributed by atoms with E-state index in [0.29, 0.717) is 5.56 Å². The minimum atomic E-state index is -3.72. The van der Waals surface area contributed by atoms with Gasteiger partial charge in [-0.25, -0.2) is 13.2 Å². The maximum absolute atomic E-state index is 13.1. The number of ether oxygens (including phenoxy) is 1. The van der Waals surface area contributed by atoms with Crippen LogP contribution in [0.3, 0.4) is 0 Å². The van der Waals surface area contributed by atoms with E-state index < -0.39 is 34.4 Å². The van der Waals surface area contributed by atoms with Crippen molar-refractivity contribution in [3.63, 3.8) is 0 Å². The molecule has 0 spiro atoms. The van der Waals surface area contributed by atoms with Crippen LogP contribution in [-0.2, 0) is 29.1 Å². The lowest BCUT2D eigenvalue weighted by molar-refractivity contribution is -0.150. The van der Waals surface area contributed by atoms with Gasteiger partial charge in [0.1, 0.15) is 5.70 Å². The number of hydrogen-bond acceptors (Lipinski definition) is 6. The van der Waals surface area contributed by atoms with Gasteiger partial charge in [0, 0.05) is 33.1 Å². The lowest BCUT2D eigenvalue weighted by Gasteiger charge is -2.34. The van der Waals surface area contributed by atoms with Crippen molar-refractivity contribution in [1.82, 2.24) is 14.5 Å². The number of fused-ring (bicyclic) bond motifs is 1. The fraction of sp³-hybridized carbons (Fsp3) is 0.222. The average Bonchev–Trinajstić information content (AvgIpc) is 2.91. The van der Waals surface area contributed by atoms with E-state index in [1.54, 1.807) is 42.5 Å². The van der Waals surface area contributed by atoms with Gasteiger partial charge in [0.15, 0.2) is 6.61 Å². The molecule has 192 valence electrons. The van der Waals surface area contributed by atoms with Gasteiger partial charge >= 0.3 is 5.97 Å². The highest BCUT2D eigenvalue weighted by molar-refractivity contribution is 7.89. The first-order valence-corrected chi connectivity index (χ1v) is 13.2. The average molecular weight is 522 g/mol. The van der Waals surface area contributed by atoms with Gasteiger partial charge in [0.2, 0.25) is 15.9 Å². The van der Waals surface area contributed by atoms with Gasteiger partial charge in [-0.3, -0.25) is 9.59 Å². The van der Waals surface area contributed by atoms with E-state index in [2.05, 4.69) is 5.32 Å². The number of esters is 1. The molecular formula is C27H27N3O6S. The maximum Gasteiger partial charge on any atom is 0.355 e. The molecule has 0 bridgehead atoms. The zero-order valence-electron chi connectivity index (χ0n) is 20.3. The molecule has 0 saturated carbocycles. The van der Waals surface area contributed by atoms with E-state index >= 15 is 0 Å². The summed E-state index contributed by atoms with van der Waals surface area (Å²) in [5, 5.41) is 4.21. The Morgan fingerprint density at radius 2 is 1.54 bits per heavy atom. The van der Waals surface area contributed by atoms with Crippen molar-refractivity contribution < 1.29 is 27.5 Å². The zero-order valence-corrected chi connectivity index (χ0v) is 21.1. The van der Waals surface area contributed by atoms with Crippen LogP contribution >= 0.6 is 0 Å². The molecule has 0 aliphatic carbocycles. The number of carbonyl (C=O) groups excluding carboxylic acids is 3. The molecule has 3 aromatic rings. The van der Waals surface area contributed by atoms with Crippen LogP contribution in [0, 0.1) is 0 Å². The van der Waals surface area contributed by atoms with E-state index in [4.69, 9.17) is 4.74 Å². The highest BCUT2D eigenvalue weighted by atomic mass is 32.2. The van der Waals surface area contributed by atoms with E-state index in [-0.39, 0.29) is 36.8 Å². The smallest absolute Gasteiger partial charge is 0.355 e. The third-order valence-electron chi connectivity index (χ3n) is 5.92. The molecule has 9 nitrogen and oxygen atoms in total. The Kier molecular flexibility index (Phi) is 8.00. The molecule has 0 unspecified atom stereocenters. The molecule has 37 heavy (non-hydrogen) atoms. The van der Waals surface area contributed by atoms with Crippen molar-refractivity contribution in [3.05, 3.63) is 84.1 Å². The quantitative estimate of drug-likeness (QED) is 0.377. The first-order chi connectivity index (χ1) is 17.7. The van der Waals surface area contributed by atoms with Crippen molar-refractivity contribution in [2.24, 2.45) is 0 Å². The first kappa shape index (κ1) is 26.1. The predicted molar refractivity (Wildman–Crippen MR) is 138 cm³/mol. The van der Waals surface area contributed by atoms with Crippen molar-refractivity contribution in [2.75, 3.05) is 32.8 Å². The number of piperazine rings is 1. The molecule has 1 heterocycles. The fourth-order valence-electron chi connectivity index (χ4n) is 4.00. The zero-order chi connectivity index (χ0) is 26.4. The summed E-state index contributed by atoms with van der Waals surface area (Å²) >= 11 is 0. The van der Waals surface area contributed by atoms with E-state index in [1.807, 2.05) is 30.3 Å². The number of carbonyl (C=O) groups is 3. The van der Waals surface area contributed by atoms with Gasteiger partial charge in [-0.15, -0.1) is 0 Å². The third-order valence-corrected chi connectivity index (χ3v) is 7.81. The van der Waals surface area contributed by atoms with E-state index in [1.165, 1.54) is 22.2 Å². The molecule has 1 fully saturated rings. The minimum absolute atomic E-state index is 0.0854. The molecule has 1 aliphatic rings. The van der Waals surface area contributed by atoms with Crippen LogP contribution in [0.25, 0.3) is 16.8 Å². The maximum atomic E-state index is 13.1. The lowest BCUT2D eigenvalue weighted by Crippen LogP contribution is -2.51. The Hall–Kier alpha value is -4.02. The van der Waals surface area contributed by atoms with Crippen LogP contribution < -0.4 is 5.32 Å². The number of nitrogens with one attached hydrogen (secondary N) is 1. The largest absolute Gasteiger partial charge is 0.451 e. The van der Waals surface area contributed by atoms with Gasteiger partial charge < -0.3 is 15.0 Å². The second kappa shape index (κ2) is 11.4. The Balaban J connectivity index is 1.34. The number of amides is 2. The molecule has 0 radical (unpaired) electrons. The molecule has 1 aliphatic heterocycles. The normalized spacial score (nSPS) is 14.8. The summed E-state index contributed by atoms with van der Waals surface area (Å²) in [7, 11) is -3.72. The minimum Gasteiger partial charge on any atom is -0.451 e. The van der Waals surface area contributed by atoms with E-state index in [9.17, 15) is 22.8 Å². The van der Waals surface area contributed by atoms with Crippen molar-refractivity contribution in [2.45, 2.75) is 11.8 Å². The lowest BCUT2D eigenvalue weighted by atomic mass is 10.1. The monoisotopic (exact) mass is 521 g/mol. The van der Waals surface area contributed by atoms with E-state index in [0.717, 1.165) is 10.8 Å². The predicted octanol–water partition coefficient (Wildman–Crippen LogP) is 2.39. The SMILES string of the molecule is CC(=O)N/C(=C\c1ccccc1)C(=O)OCC(=O)N1CCN(S(=O)(=O)c2ccc3ccccc3c2)CC1. The molecule has 2 amide bonds. The van der Waals surface area contributed by atoms with Crippen LogP contribution in [0.2, 0.25) is 0 Å². The molecule has 0 aromatic heterocycles. The summed E-state index contributed by atoms with van der Waals surface area (Å²) in [6.45, 7) is 1.33. The fourth-order valence-corrected chi connectivity index (χ4v) is 5.46. The third kappa shape index (κ3) is 6.41. The highest BCUT2D eigenvalue weighted by Gasteiger charge is 2.30. The van der Waals surface area contributed by atoms with Crippen molar-refractivity contribution >= 4 is 44.7 Å². The molecule has 10 heteroatoms. The molecule has 3 aromatic carbocycles. The topological polar surface area (TPSA) is 113 Å². The highest BCUT2D eigenvalue weighted by Crippen LogP contribution is 2.23. The van der Waals surface area contributed by atoms with Crippen LogP contribution in [0.4, 0.5) is 0 Å². The van der Waals surface area contributed by atoms with Crippen LogP contribution in [0.15, 0.2) is 83.4 Å². The molecule has 4 rings (SSSR count). The van der Waals surface area contributed by atoms with Crippen molar-refractivity contribution in [3.8, 4) is 0 Å². The summed E-state index contributed by atoms with van der Waals surface area (Å²) in [5.74, 6) is -1.74. The van der Waals surface area contributed by atoms with Crippen LogP contribution in [0.5, 0.6) is 0 Å².